The van der Waals surface area contributed by atoms with E-state index in [1.165, 1.54) is 30.3 Å². The molecule has 2 N–H and O–H groups in total. The highest BCUT2D eigenvalue weighted by atomic mass is 32.2. The summed E-state index contributed by atoms with van der Waals surface area (Å²) in [4.78, 5) is 27.7. The molecule has 2 aromatic rings. The highest BCUT2D eigenvalue weighted by Gasteiger charge is 2.34. The summed E-state index contributed by atoms with van der Waals surface area (Å²) in [5, 5.41) is 2.83. The smallest absolute Gasteiger partial charge is 0.243 e. The largest absolute Gasteiger partial charge is 0.376 e. The quantitative estimate of drug-likeness (QED) is 0.531. The Bertz CT molecular complexity index is 1090. The number of hydrogen-bond acceptors (Lipinski definition) is 5. The van der Waals surface area contributed by atoms with E-state index in [1.807, 2.05) is 0 Å². The van der Waals surface area contributed by atoms with Crippen LogP contribution in [0.1, 0.15) is 26.7 Å². The van der Waals surface area contributed by atoms with Gasteiger partial charge in [0.15, 0.2) is 0 Å². The van der Waals surface area contributed by atoms with Crippen LogP contribution in [0, 0.1) is 11.7 Å². The molecule has 0 radical (unpaired) electrons. The summed E-state index contributed by atoms with van der Waals surface area (Å²) in [6, 6.07) is 12.0. The van der Waals surface area contributed by atoms with E-state index in [2.05, 4.69) is 10.0 Å². The third-order valence-electron chi connectivity index (χ3n) is 5.53. The highest BCUT2D eigenvalue weighted by molar-refractivity contribution is 7.89. The van der Waals surface area contributed by atoms with E-state index < -0.39 is 40.2 Å². The fourth-order valence-corrected chi connectivity index (χ4v) is 4.85. The summed E-state index contributed by atoms with van der Waals surface area (Å²) in [5.41, 5.74) is 0.162. The van der Waals surface area contributed by atoms with Crippen molar-refractivity contribution in [1.29, 1.82) is 0 Å². The Morgan fingerprint density at radius 2 is 1.88 bits per heavy atom. The predicted molar refractivity (Wildman–Crippen MR) is 126 cm³/mol. The Hall–Kier alpha value is -2.82. The molecule has 0 aromatic heterocycles. The third kappa shape index (κ3) is 6.62. The standard InChI is InChI=1S/C24H30FN3O5S/c1-17(2)23(24(30)26-15-20-10-7-13-33-20)28(19-9-6-8-18(25)14-19)22(29)16-27-34(31,32)21-11-4-3-5-12-21/h3-6,8-9,11-12,14,17,20,23,27H,7,10,13,15-16H2,1-2H3,(H,26,30). The van der Waals surface area contributed by atoms with Gasteiger partial charge in [-0.2, -0.15) is 0 Å². The first-order chi connectivity index (χ1) is 16.2. The second kappa shape index (κ2) is 11.5. The molecule has 1 aliphatic rings. The summed E-state index contributed by atoms with van der Waals surface area (Å²) < 4.78 is 47.1. The minimum absolute atomic E-state index is 0.00909. The van der Waals surface area contributed by atoms with Crippen molar-refractivity contribution in [3.05, 3.63) is 60.4 Å². The zero-order chi connectivity index (χ0) is 24.7. The normalized spacial score (nSPS) is 16.9. The van der Waals surface area contributed by atoms with Crippen molar-refractivity contribution in [3.8, 4) is 0 Å². The Labute approximate surface area is 199 Å². The van der Waals surface area contributed by atoms with Crippen LogP contribution in [0.2, 0.25) is 0 Å². The lowest BCUT2D eigenvalue weighted by molar-refractivity contribution is -0.127. The fourth-order valence-electron chi connectivity index (χ4n) is 3.85. The minimum Gasteiger partial charge on any atom is -0.376 e. The zero-order valence-electron chi connectivity index (χ0n) is 19.2. The topological polar surface area (TPSA) is 105 Å². The van der Waals surface area contributed by atoms with Gasteiger partial charge in [-0.15, -0.1) is 0 Å². The highest BCUT2D eigenvalue weighted by Crippen LogP contribution is 2.23. The van der Waals surface area contributed by atoms with Gasteiger partial charge in [-0.1, -0.05) is 38.1 Å². The zero-order valence-corrected chi connectivity index (χ0v) is 20.1. The van der Waals surface area contributed by atoms with Crippen LogP contribution >= 0.6 is 0 Å². The average molecular weight is 492 g/mol. The van der Waals surface area contributed by atoms with Crippen LogP contribution in [0.3, 0.4) is 0 Å². The number of carbonyl (C=O) groups excluding carboxylic acids is 2. The monoisotopic (exact) mass is 491 g/mol. The molecule has 184 valence electrons. The SMILES string of the molecule is CC(C)C(C(=O)NCC1CCCO1)N(C(=O)CNS(=O)(=O)c1ccccc1)c1cccc(F)c1. The first-order valence-electron chi connectivity index (χ1n) is 11.2. The minimum atomic E-state index is -3.96. The average Bonchev–Trinajstić information content (AvgIpc) is 3.33. The molecule has 0 spiro atoms. The van der Waals surface area contributed by atoms with E-state index in [-0.39, 0.29) is 22.6 Å². The van der Waals surface area contributed by atoms with Crippen LogP contribution in [0.15, 0.2) is 59.5 Å². The fraction of sp³-hybridized carbons (Fsp3) is 0.417. The Kier molecular flexibility index (Phi) is 8.76. The lowest BCUT2D eigenvalue weighted by atomic mass is 10.00. The van der Waals surface area contributed by atoms with Gasteiger partial charge in [0.1, 0.15) is 11.9 Å². The second-order valence-corrected chi connectivity index (χ2v) is 10.2. The number of amides is 2. The lowest BCUT2D eigenvalue weighted by Crippen LogP contribution is -2.55. The molecule has 2 unspecified atom stereocenters. The molecule has 0 bridgehead atoms. The van der Waals surface area contributed by atoms with E-state index in [9.17, 15) is 22.4 Å². The number of anilines is 1. The number of nitrogens with one attached hydrogen (secondary N) is 2. The first-order valence-corrected chi connectivity index (χ1v) is 12.7. The molecule has 34 heavy (non-hydrogen) atoms. The van der Waals surface area contributed by atoms with Crippen LogP contribution in [0.5, 0.6) is 0 Å². The molecule has 3 rings (SSSR count). The van der Waals surface area contributed by atoms with Crippen molar-refractivity contribution in [1.82, 2.24) is 10.0 Å². The summed E-state index contributed by atoms with van der Waals surface area (Å²) in [5.74, 6) is -2.03. The van der Waals surface area contributed by atoms with Gasteiger partial charge < -0.3 is 10.1 Å². The summed E-state index contributed by atoms with van der Waals surface area (Å²) in [6.45, 7) is 3.88. The van der Waals surface area contributed by atoms with Crippen molar-refractivity contribution < 1.29 is 27.1 Å². The van der Waals surface area contributed by atoms with Crippen molar-refractivity contribution in [2.75, 3.05) is 24.6 Å². The number of hydrogen-bond donors (Lipinski definition) is 2. The molecule has 1 heterocycles. The van der Waals surface area contributed by atoms with Crippen molar-refractivity contribution in [2.45, 2.75) is 43.7 Å². The van der Waals surface area contributed by atoms with E-state index in [0.29, 0.717) is 13.2 Å². The maximum atomic E-state index is 14.0. The van der Waals surface area contributed by atoms with Crippen molar-refractivity contribution >= 4 is 27.5 Å². The number of sulfonamides is 1. The molecule has 0 aliphatic carbocycles. The molecular weight excluding hydrogens is 461 g/mol. The van der Waals surface area contributed by atoms with Gasteiger partial charge in [-0.05, 0) is 49.1 Å². The molecule has 1 fully saturated rings. The van der Waals surface area contributed by atoms with Gasteiger partial charge in [-0.3, -0.25) is 14.5 Å². The van der Waals surface area contributed by atoms with Crippen LogP contribution in [0.4, 0.5) is 10.1 Å². The lowest BCUT2D eigenvalue weighted by Gasteiger charge is -2.34. The molecule has 10 heteroatoms. The first kappa shape index (κ1) is 25.8. The van der Waals surface area contributed by atoms with Crippen LogP contribution in [0.25, 0.3) is 0 Å². The Morgan fingerprint density at radius 1 is 1.15 bits per heavy atom. The maximum absolute atomic E-state index is 14.0. The molecule has 2 aromatic carbocycles. The number of halogens is 1. The maximum Gasteiger partial charge on any atom is 0.243 e. The number of nitrogens with zero attached hydrogens (tertiary/aromatic N) is 1. The van der Waals surface area contributed by atoms with Gasteiger partial charge in [0.05, 0.1) is 17.5 Å². The van der Waals surface area contributed by atoms with E-state index in [1.54, 1.807) is 32.0 Å². The molecule has 2 atom stereocenters. The van der Waals surface area contributed by atoms with E-state index in [4.69, 9.17) is 4.74 Å². The van der Waals surface area contributed by atoms with E-state index in [0.717, 1.165) is 23.8 Å². The molecule has 0 saturated carbocycles. The molecular formula is C24H30FN3O5S. The number of benzene rings is 2. The Morgan fingerprint density at radius 3 is 2.50 bits per heavy atom. The van der Waals surface area contributed by atoms with Gasteiger partial charge in [0.25, 0.3) is 0 Å². The van der Waals surface area contributed by atoms with Gasteiger partial charge >= 0.3 is 0 Å². The van der Waals surface area contributed by atoms with E-state index >= 15 is 0 Å². The molecule has 8 nitrogen and oxygen atoms in total. The van der Waals surface area contributed by atoms with Gasteiger partial charge in [0, 0.05) is 18.8 Å². The second-order valence-electron chi connectivity index (χ2n) is 8.45. The third-order valence-corrected chi connectivity index (χ3v) is 6.95. The van der Waals surface area contributed by atoms with Crippen LogP contribution in [-0.2, 0) is 24.3 Å². The molecule has 1 aliphatic heterocycles. The molecule has 1 saturated heterocycles. The van der Waals surface area contributed by atoms with Crippen molar-refractivity contribution in [3.63, 3.8) is 0 Å². The number of rotatable bonds is 10. The van der Waals surface area contributed by atoms with Gasteiger partial charge in [-0.25, -0.2) is 17.5 Å². The Balaban J connectivity index is 1.84. The summed E-state index contributed by atoms with van der Waals surface area (Å²) in [7, 11) is -3.96. The summed E-state index contributed by atoms with van der Waals surface area (Å²) in [6.07, 6.45) is 1.66. The van der Waals surface area contributed by atoms with Gasteiger partial charge in [0.2, 0.25) is 21.8 Å². The molecule has 2 amide bonds. The van der Waals surface area contributed by atoms with Crippen LogP contribution < -0.4 is 14.9 Å². The predicted octanol–water partition coefficient (Wildman–Crippen LogP) is 2.46. The van der Waals surface area contributed by atoms with Crippen molar-refractivity contribution in [2.24, 2.45) is 5.92 Å². The number of ether oxygens (including phenoxy) is 1. The number of carbonyl (C=O) groups is 2. The van der Waals surface area contributed by atoms with Crippen LogP contribution in [-0.4, -0.2) is 52.1 Å². The summed E-state index contributed by atoms with van der Waals surface area (Å²) >= 11 is 0.